The number of sulfonamides is 1. The van der Waals surface area contributed by atoms with Crippen molar-refractivity contribution in [2.24, 2.45) is 11.3 Å². The van der Waals surface area contributed by atoms with Gasteiger partial charge in [-0.25, -0.2) is 12.7 Å². The van der Waals surface area contributed by atoms with Gasteiger partial charge in [0, 0.05) is 24.5 Å². The second kappa shape index (κ2) is 5.51. The van der Waals surface area contributed by atoms with Gasteiger partial charge in [0.15, 0.2) is 0 Å². The van der Waals surface area contributed by atoms with Gasteiger partial charge in [-0.3, -0.25) is 4.79 Å². The Morgan fingerprint density at radius 2 is 2.05 bits per heavy atom. The number of aliphatic carboxylic acids is 1. The van der Waals surface area contributed by atoms with E-state index < -0.39 is 16.0 Å². The summed E-state index contributed by atoms with van der Waals surface area (Å²) < 4.78 is 26.2. The van der Waals surface area contributed by atoms with Gasteiger partial charge in [-0.15, -0.1) is 0 Å². The third-order valence-electron chi connectivity index (χ3n) is 4.56. The molecular formula is C15H18ClNO4S. The number of hydrogen-bond acceptors (Lipinski definition) is 3. The fraction of sp³-hybridized carbons (Fsp3) is 0.533. The van der Waals surface area contributed by atoms with Gasteiger partial charge in [-0.05, 0) is 41.9 Å². The fourth-order valence-electron chi connectivity index (χ4n) is 3.64. The molecule has 5 nitrogen and oxygen atoms in total. The second-order valence-corrected chi connectivity index (χ2v) is 8.93. The van der Waals surface area contributed by atoms with E-state index in [9.17, 15) is 13.2 Å². The number of halogens is 1. The molecule has 0 atom stereocenters. The molecule has 0 aromatic heterocycles. The third kappa shape index (κ3) is 3.14. The lowest BCUT2D eigenvalue weighted by Crippen LogP contribution is -2.63. The molecule has 0 radical (unpaired) electrons. The number of carboxylic acids is 1. The van der Waals surface area contributed by atoms with E-state index in [-0.39, 0.29) is 23.5 Å². The van der Waals surface area contributed by atoms with Crippen LogP contribution in [0.15, 0.2) is 24.3 Å². The fourth-order valence-corrected chi connectivity index (χ4v) is 5.58. The molecule has 1 spiro atoms. The van der Waals surface area contributed by atoms with Crippen LogP contribution in [-0.4, -0.2) is 36.9 Å². The van der Waals surface area contributed by atoms with Crippen molar-refractivity contribution >= 4 is 27.6 Å². The Kier molecular flexibility index (Phi) is 3.95. The summed E-state index contributed by atoms with van der Waals surface area (Å²) >= 11 is 5.88. The standard InChI is InChI=1S/C15H18ClNO4S/c16-13-3-1-2-11(4-13)8-22(20,21)17-9-15(10-17)6-12(7-15)5-14(18)19/h1-4,12H,5-10H2,(H,18,19). The maximum Gasteiger partial charge on any atom is 0.303 e. The number of hydrogen-bond donors (Lipinski definition) is 1. The van der Waals surface area contributed by atoms with Crippen LogP contribution in [0, 0.1) is 11.3 Å². The van der Waals surface area contributed by atoms with Crippen LogP contribution in [0.3, 0.4) is 0 Å². The van der Waals surface area contributed by atoms with Gasteiger partial charge < -0.3 is 5.11 Å². The molecule has 1 aliphatic carbocycles. The van der Waals surface area contributed by atoms with Gasteiger partial charge in [0.2, 0.25) is 10.0 Å². The van der Waals surface area contributed by atoms with Gasteiger partial charge in [0.1, 0.15) is 0 Å². The number of carbonyl (C=O) groups is 1. The van der Waals surface area contributed by atoms with Gasteiger partial charge in [-0.1, -0.05) is 23.7 Å². The van der Waals surface area contributed by atoms with E-state index in [1.165, 1.54) is 4.31 Å². The zero-order valence-corrected chi connectivity index (χ0v) is 13.6. The van der Waals surface area contributed by atoms with Crippen LogP contribution in [0.2, 0.25) is 5.02 Å². The molecule has 120 valence electrons. The smallest absolute Gasteiger partial charge is 0.303 e. The van der Waals surface area contributed by atoms with Gasteiger partial charge >= 0.3 is 5.97 Å². The summed E-state index contributed by atoms with van der Waals surface area (Å²) in [6, 6.07) is 6.88. The molecule has 0 amide bonds. The first kappa shape index (κ1) is 15.8. The summed E-state index contributed by atoms with van der Waals surface area (Å²) in [5.74, 6) is -0.609. The van der Waals surface area contributed by atoms with Crippen molar-refractivity contribution in [2.45, 2.75) is 25.0 Å². The molecule has 1 aliphatic heterocycles. The van der Waals surface area contributed by atoms with E-state index in [2.05, 4.69) is 0 Å². The highest BCUT2D eigenvalue weighted by Crippen LogP contribution is 2.53. The molecular weight excluding hydrogens is 326 g/mol. The van der Waals surface area contributed by atoms with Crippen LogP contribution in [-0.2, 0) is 20.6 Å². The van der Waals surface area contributed by atoms with E-state index in [4.69, 9.17) is 16.7 Å². The van der Waals surface area contributed by atoms with Crippen LogP contribution in [0.5, 0.6) is 0 Å². The monoisotopic (exact) mass is 343 g/mol. The highest BCUT2D eigenvalue weighted by atomic mass is 35.5. The maximum atomic E-state index is 12.4. The molecule has 1 aromatic carbocycles. The second-order valence-electron chi connectivity index (χ2n) is 6.53. The lowest BCUT2D eigenvalue weighted by Gasteiger charge is -2.58. The normalized spacial score (nSPS) is 21.3. The minimum absolute atomic E-state index is 0.0293. The topological polar surface area (TPSA) is 74.7 Å². The van der Waals surface area contributed by atoms with E-state index in [0.717, 1.165) is 12.8 Å². The number of nitrogens with zero attached hydrogens (tertiary/aromatic N) is 1. The summed E-state index contributed by atoms with van der Waals surface area (Å²) in [4.78, 5) is 10.7. The van der Waals surface area contributed by atoms with Crippen LogP contribution < -0.4 is 0 Å². The van der Waals surface area contributed by atoms with Gasteiger partial charge in [0.25, 0.3) is 0 Å². The predicted octanol–water partition coefficient (Wildman–Crippen LogP) is 2.36. The quantitative estimate of drug-likeness (QED) is 0.890. The van der Waals surface area contributed by atoms with E-state index in [0.29, 0.717) is 23.7 Å². The van der Waals surface area contributed by atoms with Gasteiger partial charge in [0.05, 0.1) is 5.75 Å². The van der Waals surface area contributed by atoms with E-state index >= 15 is 0 Å². The minimum Gasteiger partial charge on any atom is -0.481 e. The molecule has 0 bridgehead atoms. The summed E-state index contributed by atoms with van der Waals surface area (Å²) in [6.45, 7) is 1.04. The van der Waals surface area contributed by atoms with Crippen LogP contribution in [0.1, 0.15) is 24.8 Å². The number of benzene rings is 1. The Morgan fingerprint density at radius 3 is 2.64 bits per heavy atom. The third-order valence-corrected chi connectivity index (χ3v) is 6.54. The molecule has 2 aliphatic rings. The largest absolute Gasteiger partial charge is 0.481 e. The highest BCUT2D eigenvalue weighted by Gasteiger charge is 2.55. The Balaban J connectivity index is 1.55. The predicted molar refractivity (Wildman–Crippen MR) is 83.1 cm³/mol. The molecule has 3 rings (SSSR count). The molecule has 1 aromatic rings. The zero-order chi connectivity index (χ0) is 16.0. The molecule has 1 heterocycles. The first-order chi connectivity index (χ1) is 10.3. The molecule has 0 unspecified atom stereocenters. The number of rotatable bonds is 5. The van der Waals surface area contributed by atoms with Crippen molar-refractivity contribution in [3.63, 3.8) is 0 Å². The van der Waals surface area contributed by atoms with Crippen LogP contribution in [0.25, 0.3) is 0 Å². The Hall–Kier alpha value is -1.11. The summed E-state index contributed by atoms with van der Waals surface area (Å²) in [5.41, 5.74) is 0.715. The Morgan fingerprint density at radius 1 is 1.36 bits per heavy atom. The SMILES string of the molecule is O=C(O)CC1CC2(C1)CN(S(=O)(=O)Cc1cccc(Cl)c1)C2. The van der Waals surface area contributed by atoms with Crippen molar-refractivity contribution in [1.82, 2.24) is 4.31 Å². The summed E-state index contributed by atoms with van der Waals surface area (Å²) in [5, 5.41) is 9.29. The first-order valence-electron chi connectivity index (χ1n) is 7.22. The molecule has 2 fully saturated rings. The highest BCUT2D eigenvalue weighted by molar-refractivity contribution is 7.88. The molecule has 22 heavy (non-hydrogen) atoms. The van der Waals surface area contributed by atoms with Crippen molar-refractivity contribution < 1.29 is 18.3 Å². The first-order valence-corrected chi connectivity index (χ1v) is 9.21. The Labute approximate surface area is 134 Å². The lowest BCUT2D eigenvalue weighted by atomic mass is 9.58. The maximum absolute atomic E-state index is 12.4. The van der Waals surface area contributed by atoms with Crippen LogP contribution >= 0.6 is 11.6 Å². The number of carboxylic acid groups (broad SMARTS) is 1. The van der Waals surface area contributed by atoms with Crippen molar-refractivity contribution in [2.75, 3.05) is 13.1 Å². The molecule has 7 heteroatoms. The van der Waals surface area contributed by atoms with Crippen molar-refractivity contribution in [3.05, 3.63) is 34.9 Å². The summed E-state index contributed by atoms with van der Waals surface area (Å²) in [7, 11) is -3.32. The van der Waals surface area contributed by atoms with Crippen molar-refractivity contribution in [3.8, 4) is 0 Å². The average Bonchev–Trinajstić information content (AvgIpc) is 2.29. The molecule has 1 saturated heterocycles. The minimum atomic E-state index is -3.32. The van der Waals surface area contributed by atoms with Gasteiger partial charge in [-0.2, -0.15) is 0 Å². The zero-order valence-electron chi connectivity index (χ0n) is 12.0. The van der Waals surface area contributed by atoms with E-state index in [1.54, 1.807) is 24.3 Å². The lowest BCUT2D eigenvalue weighted by molar-refractivity contribution is -0.142. The van der Waals surface area contributed by atoms with E-state index in [1.807, 2.05) is 0 Å². The van der Waals surface area contributed by atoms with Crippen LogP contribution in [0.4, 0.5) is 0 Å². The Bertz CT molecular complexity index is 689. The average molecular weight is 344 g/mol. The summed E-state index contributed by atoms with van der Waals surface area (Å²) in [6.07, 6.45) is 1.84. The molecule has 1 saturated carbocycles. The van der Waals surface area contributed by atoms with Crippen molar-refractivity contribution in [1.29, 1.82) is 0 Å². The molecule has 1 N–H and O–H groups in total.